The van der Waals surface area contributed by atoms with E-state index < -0.39 is 0 Å². The Hall–Kier alpha value is -2.58. The Kier molecular flexibility index (Phi) is 10.6. The molecule has 5 heteroatoms. The van der Waals surface area contributed by atoms with Crippen LogP contribution in [0.5, 0.6) is 0 Å². The molecule has 0 unspecified atom stereocenters. The van der Waals surface area contributed by atoms with E-state index >= 15 is 0 Å². The van der Waals surface area contributed by atoms with Crippen LogP contribution in [0.4, 0.5) is 8.78 Å². The topological polar surface area (TPSA) is 0 Å². The third-order valence-electron chi connectivity index (χ3n) is 5.59. The standard InChI is InChI=1S/2C15H10F.2ClH.Zr/c2*16-15-7-5-11(6-8-15)14-9-12-3-1-2-4-13(12)10-14;;;/h2*1-10H;2*1H;/q2*-1;;;+4/p-2. The Morgan fingerprint density at radius 2 is 0.800 bits per heavy atom. The van der Waals surface area contributed by atoms with Crippen LogP contribution in [-0.4, -0.2) is 0 Å². The van der Waals surface area contributed by atoms with Crippen LogP contribution in [0.2, 0.25) is 0 Å². The second-order valence-corrected chi connectivity index (χ2v) is 7.76. The monoisotopic (exact) mass is 578 g/mol. The molecule has 6 aromatic rings. The molecule has 0 saturated heterocycles. The van der Waals surface area contributed by atoms with Gasteiger partial charge in [0.2, 0.25) is 0 Å². The van der Waals surface area contributed by atoms with Gasteiger partial charge in [-0.05, 0) is 24.3 Å². The average molecular weight is 581 g/mol. The summed E-state index contributed by atoms with van der Waals surface area (Å²) in [5.74, 6) is -0.389. The van der Waals surface area contributed by atoms with Gasteiger partial charge in [0.05, 0.1) is 0 Å². The Labute approximate surface area is 235 Å². The molecule has 0 heterocycles. The summed E-state index contributed by atoms with van der Waals surface area (Å²) < 4.78 is 25.6. The maximum Gasteiger partial charge on any atom is 4.00 e. The van der Waals surface area contributed by atoms with Crippen LogP contribution in [0.1, 0.15) is 0 Å². The SMILES string of the molecule is Fc1ccc(-c2cc3ccccc3[cH-]2)cc1.Fc1ccc(-c2cc3ccccc3[cH-]2)cc1.[Cl-].[Cl-].[Zr+4]. The van der Waals surface area contributed by atoms with E-state index in [9.17, 15) is 8.78 Å². The molecule has 6 rings (SSSR count). The molecule has 0 bridgehead atoms. The van der Waals surface area contributed by atoms with Crippen LogP contribution in [-0.2, 0) is 26.2 Å². The van der Waals surface area contributed by atoms with Gasteiger partial charge in [-0.1, -0.05) is 71.8 Å². The zero-order valence-electron chi connectivity index (χ0n) is 18.6. The van der Waals surface area contributed by atoms with Gasteiger partial charge >= 0.3 is 26.2 Å². The Balaban J connectivity index is 0.000000227. The molecule has 0 atom stereocenters. The molecule has 0 fully saturated rings. The van der Waals surface area contributed by atoms with E-state index in [4.69, 9.17) is 0 Å². The second kappa shape index (κ2) is 12.9. The summed E-state index contributed by atoms with van der Waals surface area (Å²) in [4.78, 5) is 0. The number of hydrogen-bond donors (Lipinski definition) is 0. The Bertz CT molecular complexity index is 1300. The third-order valence-corrected chi connectivity index (χ3v) is 5.59. The van der Waals surface area contributed by atoms with Gasteiger partial charge in [0.25, 0.3) is 0 Å². The molecule has 0 spiro atoms. The van der Waals surface area contributed by atoms with Crippen LogP contribution in [0.15, 0.2) is 121 Å². The Morgan fingerprint density at radius 3 is 1.14 bits per heavy atom. The number of hydrogen-bond acceptors (Lipinski definition) is 0. The number of fused-ring (bicyclic) bond motifs is 2. The van der Waals surface area contributed by atoms with Crippen molar-refractivity contribution in [2.75, 3.05) is 0 Å². The fourth-order valence-electron chi connectivity index (χ4n) is 3.92. The summed E-state index contributed by atoms with van der Waals surface area (Å²) in [6.45, 7) is 0. The van der Waals surface area contributed by atoms with E-state index in [1.807, 2.05) is 48.5 Å². The normalized spacial score (nSPS) is 9.89. The molecule has 6 aromatic carbocycles. The van der Waals surface area contributed by atoms with Crippen LogP contribution in [0, 0.1) is 11.6 Å². The molecule has 0 N–H and O–H groups in total. The van der Waals surface area contributed by atoms with Gasteiger partial charge in [-0.2, -0.15) is 0 Å². The fraction of sp³-hybridized carbons (Fsp3) is 0. The first-order valence-electron chi connectivity index (χ1n) is 10.5. The van der Waals surface area contributed by atoms with Crippen molar-refractivity contribution < 1.29 is 59.8 Å². The first-order chi connectivity index (χ1) is 15.7. The predicted molar refractivity (Wildman–Crippen MR) is 130 cm³/mol. The molecule has 0 aliphatic heterocycles. The van der Waals surface area contributed by atoms with E-state index in [1.54, 1.807) is 0 Å². The minimum Gasteiger partial charge on any atom is -1.00 e. The van der Waals surface area contributed by atoms with Crippen molar-refractivity contribution in [1.82, 2.24) is 0 Å². The third kappa shape index (κ3) is 6.76. The number of halogens is 4. The van der Waals surface area contributed by atoms with Crippen LogP contribution in [0.3, 0.4) is 0 Å². The van der Waals surface area contributed by atoms with Crippen LogP contribution in [0.25, 0.3) is 43.8 Å². The van der Waals surface area contributed by atoms with E-state index in [2.05, 4.69) is 48.5 Å². The van der Waals surface area contributed by atoms with Gasteiger partial charge in [0.15, 0.2) is 0 Å². The van der Waals surface area contributed by atoms with Crippen molar-refractivity contribution in [1.29, 1.82) is 0 Å². The summed E-state index contributed by atoms with van der Waals surface area (Å²) in [6, 6.07) is 38.2. The molecule has 0 aliphatic rings. The fourth-order valence-corrected chi connectivity index (χ4v) is 3.92. The van der Waals surface area contributed by atoms with Crippen LogP contribution >= 0.6 is 0 Å². The minimum absolute atomic E-state index is 0. The second-order valence-electron chi connectivity index (χ2n) is 7.76. The summed E-state index contributed by atoms with van der Waals surface area (Å²) in [5.41, 5.74) is 4.39. The minimum atomic E-state index is -0.195. The number of rotatable bonds is 2. The van der Waals surface area contributed by atoms with Crippen molar-refractivity contribution in [2.45, 2.75) is 0 Å². The summed E-state index contributed by atoms with van der Waals surface area (Å²) >= 11 is 0. The maximum absolute atomic E-state index is 12.8. The maximum atomic E-state index is 12.8. The van der Waals surface area contributed by atoms with Gasteiger partial charge in [0, 0.05) is 0 Å². The van der Waals surface area contributed by atoms with Crippen LogP contribution < -0.4 is 24.8 Å². The van der Waals surface area contributed by atoms with Crippen molar-refractivity contribution >= 4 is 21.5 Å². The van der Waals surface area contributed by atoms with E-state index in [-0.39, 0.29) is 62.7 Å². The molecule has 0 amide bonds. The van der Waals surface area contributed by atoms with Gasteiger partial charge in [-0.15, -0.1) is 69.1 Å². The molecular weight excluding hydrogens is 560 g/mol. The summed E-state index contributed by atoms with van der Waals surface area (Å²) in [7, 11) is 0. The smallest absolute Gasteiger partial charge is 1.00 e. The van der Waals surface area contributed by atoms with Crippen molar-refractivity contribution in [3.05, 3.63) is 133 Å². The predicted octanol–water partition coefficient (Wildman–Crippen LogP) is 2.74. The van der Waals surface area contributed by atoms with Crippen molar-refractivity contribution in [3.63, 3.8) is 0 Å². The summed E-state index contributed by atoms with van der Waals surface area (Å²) in [6.07, 6.45) is 0. The van der Waals surface area contributed by atoms with E-state index in [1.165, 1.54) is 45.8 Å². The summed E-state index contributed by atoms with van der Waals surface area (Å²) in [5, 5.41) is 4.90. The van der Waals surface area contributed by atoms with Crippen molar-refractivity contribution in [2.24, 2.45) is 0 Å². The zero-order chi connectivity index (χ0) is 21.9. The molecule has 35 heavy (non-hydrogen) atoms. The van der Waals surface area contributed by atoms with E-state index in [0.29, 0.717) is 0 Å². The largest absolute Gasteiger partial charge is 4.00 e. The molecule has 0 aliphatic carbocycles. The number of benzene rings is 4. The first-order valence-corrected chi connectivity index (χ1v) is 10.5. The molecule has 0 nitrogen and oxygen atoms in total. The molecular formula is C30H20Cl2F2Zr. The molecule has 0 saturated carbocycles. The molecule has 0 aromatic heterocycles. The zero-order valence-corrected chi connectivity index (χ0v) is 22.5. The van der Waals surface area contributed by atoms with Crippen molar-refractivity contribution in [3.8, 4) is 22.3 Å². The van der Waals surface area contributed by atoms with Gasteiger partial charge < -0.3 is 24.8 Å². The molecule has 0 radical (unpaired) electrons. The average Bonchev–Trinajstić information content (AvgIpc) is 3.45. The molecule has 172 valence electrons. The quantitative estimate of drug-likeness (QED) is 0.277. The van der Waals surface area contributed by atoms with Gasteiger partial charge in [-0.25, -0.2) is 8.78 Å². The van der Waals surface area contributed by atoms with Gasteiger partial charge in [-0.3, -0.25) is 0 Å². The Morgan fingerprint density at radius 1 is 0.457 bits per heavy atom. The first kappa shape index (κ1) is 28.7. The van der Waals surface area contributed by atoms with E-state index in [0.717, 1.165) is 22.3 Å². The van der Waals surface area contributed by atoms with Gasteiger partial charge in [0.1, 0.15) is 11.6 Å².